The Labute approximate surface area is 78.0 Å². The number of nitrogens with zero attached hydrogens (tertiary/aromatic N) is 1. The second-order valence-corrected chi connectivity index (χ2v) is 3.82. The zero-order chi connectivity index (χ0) is 9.42. The first-order chi connectivity index (χ1) is 6.18. The number of aryl methyl sites for hydroxylation is 1. The summed E-state index contributed by atoms with van der Waals surface area (Å²) in [6, 6.07) is 4.39. The maximum atomic E-state index is 4.02. The molecule has 2 heteroatoms. The van der Waals surface area contributed by atoms with Gasteiger partial charge in [0.25, 0.3) is 0 Å². The van der Waals surface area contributed by atoms with E-state index in [4.69, 9.17) is 0 Å². The van der Waals surface area contributed by atoms with E-state index in [0.717, 1.165) is 5.52 Å². The molecule has 2 rings (SSSR count). The van der Waals surface area contributed by atoms with Crippen molar-refractivity contribution < 1.29 is 0 Å². The molecule has 1 aromatic carbocycles. The van der Waals surface area contributed by atoms with Crippen molar-refractivity contribution >= 4 is 10.9 Å². The summed E-state index contributed by atoms with van der Waals surface area (Å²) >= 11 is 0. The first kappa shape index (κ1) is 8.30. The summed E-state index contributed by atoms with van der Waals surface area (Å²) in [5, 5.41) is 8.20. The Morgan fingerprint density at radius 2 is 2.08 bits per heavy atom. The van der Waals surface area contributed by atoms with Crippen LogP contribution in [-0.2, 0) is 0 Å². The van der Waals surface area contributed by atoms with Gasteiger partial charge in [-0.15, -0.1) is 0 Å². The molecule has 0 aliphatic rings. The van der Waals surface area contributed by atoms with Crippen LogP contribution in [-0.4, -0.2) is 10.2 Å². The average Bonchev–Trinajstić information content (AvgIpc) is 2.48. The Kier molecular flexibility index (Phi) is 1.83. The summed E-state index contributed by atoms with van der Waals surface area (Å²) in [5.74, 6) is 0.583. The van der Waals surface area contributed by atoms with E-state index in [2.05, 4.69) is 43.1 Å². The lowest BCUT2D eigenvalue weighted by atomic mass is 9.97. The molecule has 13 heavy (non-hydrogen) atoms. The molecule has 0 bridgehead atoms. The van der Waals surface area contributed by atoms with Crippen molar-refractivity contribution in [2.24, 2.45) is 0 Å². The van der Waals surface area contributed by atoms with Gasteiger partial charge in [0.15, 0.2) is 0 Å². The van der Waals surface area contributed by atoms with E-state index < -0.39 is 0 Å². The minimum Gasteiger partial charge on any atom is -0.278 e. The molecular formula is C11H14N2. The highest BCUT2D eigenvalue weighted by Gasteiger charge is 2.05. The van der Waals surface area contributed by atoms with Crippen molar-refractivity contribution in [1.82, 2.24) is 10.2 Å². The summed E-state index contributed by atoms with van der Waals surface area (Å²) in [6.45, 7) is 6.58. The van der Waals surface area contributed by atoms with Gasteiger partial charge in [-0.25, -0.2) is 0 Å². The van der Waals surface area contributed by atoms with Gasteiger partial charge < -0.3 is 0 Å². The summed E-state index contributed by atoms with van der Waals surface area (Å²) in [7, 11) is 0. The number of aromatic nitrogens is 2. The maximum Gasteiger partial charge on any atom is 0.0653 e. The highest BCUT2D eigenvalue weighted by atomic mass is 15.1. The quantitative estimate of drug-likeness (QED) is 0.707. The summed E-state index contributed by atoms with van der Waals surface area (Å²) in [4.78, 5) is 0. The number of rotatable bonds is 1. The fourth-order valence-electron chi connectivity index (χ4n) is 1.74. The molecule has 0 saturated heterocycles. The zero-order valence-electron chi connectivity index (χ0n) is 8.26. The number of hydrogen-bond acceptors (Lipinski definition) is 1. The van der Waals surface area contributed by atoms with Crippen molar-refractivity contribution in [3.8, 4) is 0 Å². The normalized spacial score (nSPS) is 11.4. The van der Waals surface area contributed by atoms with E-state index in [-0.39, 0.29) is 0 Å². The van der Waals surface area contributed by atoms with Crippen molar-refractivity contribution in [3.05, 3.63) is 29.5 Å². The molecule has 0 spiro atoms. The lowest BCUT2D eigenvalue weighted by Gasteiger charge is -2.08. The topological polar surface area (TPSA) is 28.7 Å². The van der Waals surface area contributed by atoms with E-state index in [9.17, 15) is 0 Å². The molecule has 0 radical (unpaired) electrons. The van der Waals surface area contributed by atoms with Gasteiger partial charge in [0, 0.05) is 5.39 Å². The lowest BCUT2D eigenvalue weighted by Crippen LogP contribution is -1.91. The molecular weight excluding hydrogens is 160 g/mol. The Balaban J connectivity index is 2.69. The first-order valence-electron chi connectivity index (χ1n) is 4.62. The molecule has 1 N–H and O–H groups in total. The molecule has 0 saturated carbocycles. The van der Waals surface area contributed by atoms with Gasteiger partial charge in [0.1, 0.15) is 0 Å². The van der Waals surface area contributed by atoms with Crippen molar-refractivity contribution in [3.63, 3.8) is 0 Å². The minimum atomic E-state index is 0.583. The third kappa shape index (κ3) is 1.32. The van der Waals surface area contributed by atoms with Crippen LogP contribution in [0.4, 0.5) is 0 Å². The van der Waals surface area contributed by atoms with Crippen LogP contribution in [0.25, 0.3) is 10.9 Å². The molecule has 68 valence electrons. The number of fused-ring (bicyclic) bond motifs is 1. The standard InChI is InChI=1S/C11H14N2/c1-7(2)10-5-9-6-12-13-11(9)4-8(10)3/h4-7H,1-3H3,(H,12,13). The molecule has 1 aromatic heterocycles. The minimum absolute atomic E-state index is 0.583. The highest BCUT2D eigenvalue weighted by Crippen LogP contribution is 2.23. The van der Waals surface area contributed by atoms with Gasteiger partial charge in [-0.3, -0.25) is 5.10 Å². The smallest absolute Gasteiger partial charge is 0.0653 e. The molecule has 1 heterocycles. The predicted molar refractivity (Wildman–Crippen MR) is 54.9 cm³/mol. The second-order valence-electron chi connectivity index (χ2n) is 3.82. The van der Waals surface area contributed by atoms with E-state index in [1.807, 2.05) is 6.20 Å². The lowest BCUT2D eigenvalue weighted by molar-refractivity contribution is 0.859. The predicted octanol–water partition coefficient (Wildman–Crippen LogP) is 2.99. The van der Waals surface area contributed by atoms with Crippen LogP contribution in [0.1, 0.15) is 30.9 Å². The number of H-pyrrole nitrogens is 1. The Morgan fingerprint density at radius 3 is 2.77 bits per heavy atom. The molecule has 0 fully saturated rings. The third-order valence-corrected chi connectivity index (χ3v) is 2.45. The van der Waals surface area contributed by atoms with Gasteiger partial charge in [0.05, 0.1) is 11.7 Å². The molecule has 0 aliphatic heterocycles. The Morgan fingerprint density at radius 1 is 1.31 bits per heavy atom. The molecule has 2 nitrogen and oxygen atoms in total. The van der Waals surface area contributed by atoms with E-state index in [1.165, 1.54) is 16.5 Å². The Hall–Kier alpha value is -1.31. The van der Waals surface area contributed by atoms with Gasteiger partial charge in [-0.05, 0) is 36.1 Å². The monoisotopic (exact) mass is 174 g/mol. The van der Waals surface area contributed by atoms with Gasteiger partial charge in [0.2, 0.25) is 0 Å². The third-order valence-electron chi connectivity index (χ3n) is 2.45. The highest BCUT2D eigenvalue weighted by molar-refractivity contribution is 5.79. The average molecular weight is 174 g/mol. The number of benzene rings is 1. The summed E-state index contributed by atoms with van der Waals surface area (Å²) in [5.41, 5.74) is 3.88. The zero-order valence-corrected chi connectivity index (χ0v) is 8.26. The summed E-state index contributed by atoms with van der Waals surface area (Å²) < 4.78 is 0. The van der Waals surface area contributed by atoms with Crippen molar-refractivity contribution in [2.75, 3.05) is 0 Å². The van der Waals surface area contributed by atoms with Crippen LogP contribution >= 0.6 is 0 Å². The molecule has 0 amide bonds. The molecule has 0 unspecified atom stereocenters. The van der Waals surface area contributed by atoms with E-state index >= 15 is 0 Å². The Bertz CT molecular complexity index is 427. The maximum absolute atomic E-state index is 4.02. The van der Waals surface area contributed by atoms with E-state index in [0.29, 0.717) is 5.92 Å². The number of hydrogen-bond donors (Lipinski definition) is 1. The molecule has 2 aromatic rings. The van der Waals surface area contributed by atoms with Crippen LogP contribution < -0.4 is 0 Å². The molecule has 0 aliphatic carbocycles. The van der Waals surface area contributed by atoms with Crippen LogP contribution in [0.15, 0.2) is 18.3 Å². The molecule has 0 atom stereocenters. The SMILES string of the molecule is Cc1cc2[nH]ncc2cc1C(C)C. The van der Waals surface area contributed by atoms with Crippen molar-refractivity contribution in [1.29, 1.82) is 0 Å². The van der Waals surface area contributed by atoms with Crippen molar-refractivity contribution in [2.45, 2.75) is 26.7 Å². The fourth-order valence-corrected chi connectivity index (χ4v) is 1.74. The van der Waals surface area contributed by atoms with Crippen LogP contribution in [0.2, 0.25) is 0 Å². The van der Waals surface area contributed by atoms with Crippen LogP contribution in [0.5, 0.6) is 0 Å². The second kappa shape index (κ2) is 2.87. The van der Waals surface area contributed by atoms with Gasteiger partial charge >= 0.3 is 0 Å². The van der Waals surface area contributed by atoms with Crippen LogP contribution in [0.3, 0.4) is 0 Å². The largest absolute Gasteiger partial charge is 0.278 e. The first-order valence-corrected chi connectivity index (χ1v) is 4.62. The number of aromatic amines is 1. The number of nitrogens with one attached hydrogen (secondary N) is 1. The fraction of sp³-hybridized carbons (Fsp3) is 0.364. The van der Waals surface area contributed by atoms with Gasteiger partial charge in [-0.1, -0.05) is 13.8 Å². The van der Waals surface area contributed by atoms with Gasteiger partial charge in [-0.2, -0.15) is 5.10 Å². The van der Waals surface area contributed by atoms with E-state index in [1.54, 1.807) is 0 Å². The summed E-state index contributed by atoms with van der Waals surface area (Å²) in [6.07, 6.45) is 1.88. The van der Waals surface area contributed by atoms with Crippen LogP contribution in [0, 0.1) is 6.92 Å².